The molecule has 0 saturated carbocycles. The summed E-state index contributed by atoms with van der Waals surface area (Å²) in [4.78, 5) is 10.7. The summed E-state index contributed by atoms with van der Waals surface area (Å²) in [6.45, 7) is 3.52. The van der Waals surface area contributed by atoms with Crippen LogP contribution >= 0.6 is 0 Å². The van der Waals surface area contributed by atoms with E-state index < -0.39 is 12.3 Å². The van der Waals surface area contributed by atoms with E-state index in [0.717, 1.165) is 0 Å². The molecule has 0 spiro atoms. The molecule has 0 N–H and O–H groups in total. The van der Waals surface area contributed by atoms with E-state index in [-0.39, 0.29) is 11.6 Å². The second kappa shape index (κ2) is 3.14. The predicted octanol–water partition coefficient (Wildman–Crippen LogP) is 2.55. The molecule has 3 nitrogen and oxygen atoms in total. The van der Waals surface area contributed by atoms with Crippen LogP contribution in [0, 0.1) is 5.82 Å². The van der Waals surface area contributed by atoms with Crippen LogP contribution in [0.25, 0.3) is 0 Å². The van der Waals surface area contributed by atoms with Crippen LogP contribution in [0.15, 0.2) is 36.6 Å². The summed E-state index contributed by atoms with van der Waals surface area (Å²) in [6.07, 6.45) is -1.40. The zero-order valence-corrected chi connectivity index (χ0v) is 7.20. The molecule has 0 aliphatic carbocycles. The minimum atomic E-state index is -0.774. The van der Waals surface area contributed by atoms with Gasteiger partial charge in [-0.05, 0) is 12.1 Å². The molecule has 1 aliphatic rings. The van der Waals surface area contributed by atoms with Crippen LogP contribution in [0.1, 0.15) is 11.7 Å². The predicted molar refractivity (Wildman–Crippen MR) is 45.8 cm³/mol. The molecule has 4 heteroatoms. The van der Waals surface area contributed by atoms with Gasteiger partial charge in [0, 0.05) is 5.56 Å². The lowest BCUT2D eigenvalue weighted by Crippen LogP contribution is -1.98. The monoisotopic (exact) mass is 194 g/mol. The first-order chi connectivity index (χ1) is 6.66. The topological polar surface area (TPSA) is 35.5 Å². The van der Waals surface area contributed by atoms with Crippen molar-refractivity contribution in [2.75, 3.05) is 0 Å². The van der Waals surface area contributed by atoms with Gasteiger partial charge in [-0.25, -0.2) is 9.18 Å². The highest BCUT2D eigenvalue weighted by atomic mass is 19.1. The Balaban J connectivity index is 2.27. The van der Waals surface area contributed by atoms with Gasteiger partial charge >= 0.3 is 6.16 Å². The van der Waals surface area contributed by atoms with Gasteiger partial charge in [-0.15, -0.1) is 0 Å². The van der Waals surface area contributed by atoms with Crippen LogP contribution in [0.3, 0.4) is 0 Å². The van der Waals surface area contributed by atoms with Crippen LogP contribution in [-0.4, -0.2) is 6.16 Å². The quantitative estimate of drug-likeness (QED) is 0.644. The lowest BCUT2D eigenvalue weighted by atomic mass is 10.1. The second-order valence-corrected chi connectivity index (χ2v) is 2.87. The van der Waals surface area contributed by atoms with Gasteiger partial charge in [-0.3, -0.25) is 0 Å². The van der Waals surface area contributed by atoms with Crippen LogP contribution in [-0.2, 0) is 9.47 Å². The average Bonchev–Trinajstić information content (AvgIpc) is 2.47. The normalized spacial score (nSPS) is 20.5. The highest BCUT2D eigenvalue weighted by Crippen LogP contribution is 2.31. The van der Waals surface area contributed by atoms with Crippen molar-refractivity contribution in [2.24, 2.45) is 0 Å². The van der Waals surface area contributed by atoms with Gasteiger partial charge < -0.3 is 9.47 Å². The first kappa shape index (κ1) is 8.74. The number of carbonyl (C=O) groups is 1. The Hall–Kier alpha value is -1.84. The van der Waals surface area contributed by atoms with Gasteiger partial charge in [-0.1, -0.05) is 18.7 Å². The summed E-state index contributed by atoms with van der Waals surface area (Å²) in [6, 6.07) is 5.61. The summed E-state index contributed by atoms with van der Waals surface area (Å²) in [5.74, 6) is -0.119. The van der Waals surface area contributed by atoms with E-state index in [1.807, 2.05) is 0 Å². The van der Waals surface area contributed by atoms with E-state index >= 15 is 0 Å². The number of cyclic esters (lactones) is 2. The van der Waals surface area contributed by atoms with E-state index in [0.29, 0.717) is 5.56 Å². The Bertz CT molecular complexity index is 383. The first-order valence-corrected chi connectivity index (χ1v) is 3.99. The van der Waals surface area contributed by atoms with Crippen LogP contribution in [0.4, 0.5) is 9.18 Å². The highest BCUT2D eigenvalue weighted by Gasteiger charge is 2.31. The molecule has 1 unspecified atom stereocenters. The maximum absolute atomic E-state index is 12.6. The SMILES string of the molecule is C=C1OC(=O)OC1c1ccc(F)cc1. The molecule has 0 bridgehead atoms. The van der Waals surface area contributed by atoms with Gasteiger partial charge in [-0.2, -0.15) is 0 Å². The maximum Gasteiger partial charge on any atom is 0.514 e. The van der Waals surface area contributed by atoms with E-state index in [2.05, 4.69) is 11.3 Å². The molecule has 0 radical (unpaired) electrons. The lowest BCUT2D eigenvalue weighted by molar-refractivity contribution is 0.118. The molecule has 72 valence electrons. The van der Waals surface area contributed by atoms with Gasteiger partial charge in [0.05, 0.1) is 0 Å². The van der Waals surface area contributed by atoms with Crippen molar-refractivity contribution in [1.82, 2.24) is 0 Å². The highest BCUT2D eigenvalue weighted by molar-refractivity contribution is 5.65. The van der Waals surface area contributed by atoms with Crippen LogP contribution < -0.4 is 0 Å². The summed E-state index contributed by atoms with van der Waals surface area (Å²) in [5.41, 5.74) is 0.641. The van der Waals surface area contributed by atoms with E-state index in [1.165, 1.54) is 24.3 Å². The number of rotatable bonds is 1. The van der Waals surface area contributed by atoms with Crippen molar-refractivity contribution in [2.45, 2.75) is 6.10 Å². The Morgan fingerprint density at radius 1 is 1.29 bits per heavy atom. The van der Waals surface area contributed by atoms with E-state index in [4.69, 9.17) is 4.74 Å². The average molecular weight is 194 g/mol. The molecule has 1 aromatic carbocycles. The molecule has 0 aromatic heterocycles. The third-order valence-corrected chi connectivity index (χ3v) is 1.89. The molecule has 1 atom stereocenters. The maximum atomic E-state index is 12.6. The van der Waals surface area contributed by atoms with Crippen LogP contribution in [0.5, 0.6) is 0 Å². The fourth-order valence-corrected chi connectivity index (χ4v) is 1.24. The molecule has 14 heavy (non-hydrogen) atoms. The Morgan fingerprint density at radius 2 is 1.93 bits per heavy atom. The fraction of sp³-hybridized carbons (Fsp3) is 0.100. The van der Waals surface area contributed by atoms with Crippen molar-refractivity contribution in [1.29, 1.82) is 0 Å². The summed E-state index contributed by atoms with van der Waals surface area (Å²) in [5, 5.41) is 0. The second-order valence-electron chi connectivity index (χ2n) is 2.87. The van der Waals surface area contributed by atoms with Crippen molar-refractivity contribution >= 4 is 6.16 Å². The van der Waals surface area contributed by atoms with Gasteiger partial charge in [0.2, 0.25) is 0 Å². The molecule has 1 saturated heterocycles. The number of hydrogen-bond acceptors (Lipinski definition) is 3. The standard InChI is InChI=1S/C10H7FO3/c1-6-9(14-10(12)13-6)7-2-4-8(11)5-3-7/h2-5,9H,1H2. The summed E-state index contributed by atoms with van der Waals surface area (Å²) < 4.78 is 22.0. The van der Waals surface area contributed by atoms with Gasteiger partial charge in [0.1, 0.15) is 11.6 Å². The molecule has 0 amide bonds. The molecule has 1 fully saturated rings. The molecule has 2 rings (SSSR count). The van der Waals surface area contributed by atoms with Gasteiger partial charge in [0.25, 0.3) is 0 Å². The van der Waals surface area contributed by atoms with Crippen molar-refractivity contribution in [3.05, 3.63) is 48.0 Å². The number of ether oxygens (including phenoxy) is 2. The van der Waals surface area contributed by atoms with Gasteiger partial charge in [0.15, 0.2) is 6.10 Å². The fourth-order valence-electron chi connectivity index (χ4n) is 1.24. The Labute approximate surface area is 79.7 Å². The van der Waals surface area contributed by atoms with Crippen LogP contribution in [0.2, 0.25) is 0 Å². The largest absolute Gasteiger partial charge is 0.514 e. The molecule has 1 aromatic rings. The number of halogens is 1. The molecular weight excluding hydrogens is 187 g/mol. The van der Waals surface area contributed by atoms with E-state index in [9.17, 15) is 9.18 Å². The first-order valence-electron chi connectivity index (χ1n) is 3.99. The minimum absolute atomic E-state index is 0.224. The third-order valence-electron chi connectivity index (χ3n) is 1.89. The zero-order valence-electron chi connectivity index (χ0n) is 7.20. The van der Waals surface area contributed by atoms with Crippen molar-refractivity contribution < 1.29 is 18.7 Å². The lowest BCUT2D eigenvalue weighted by Gasteiger charge is -2.06. The summed E-state index contributed by atoms with van der Waals surface area (Å²) in [7, 11) is 0. The molecule has 1 heterocycles. The van der Waals surface area contributed by atoms with E-state index in [1.54, 1.807) is 0 Å². The summed E-state index contributed by atoms with van der Waals surface area (Å²) >= 11 is 0. The molecular formula is C10H7FO3. The Kier molecular flexibility index (Phi) is 1.96. The number of carbonyl (C=O) groups excluding carboxylic acids is 1. The Morgan fingerprint density at radius 3 is 2.43 bits per heavy atom. The number of hydrogen-bond donors (Lipinski definition) is 0. The number of benzene rings is 1. The van der Waals surface area contributed by atoms with Crippen molar-refractivity contribution in [3.8, 4) is 0 Å². The van der Waals surface area contributed by atoms with Crippen molar-refractivity contribution in [3.63, 3.8) is 0 Å². The molecule has 1 aliphatic heterocycles. The minimum Gasteiger partial charge on any atom is -0.418 e. The third kappa shape index (κ3) is 1.46. The smallest absolute Gasteiger partial charge is 0.418 e. The zero-order chi connectivity index (χ0) is 10.1.